The summed E-state index contributed by atoms with van der Waals surface area (Å²) in [5.41, 5.74) is 1.28. The summed E-state index contributed by atoms with van der Waals surface area (Å²) in [6.45, 7) is 3.66. The molecule has 0 saturated heterocycles. The van der Waals surface area contributed by atoms with Crippen LogP contribution in [0.3, 0.4) is 0 Å². The van der Waals surface area contributed by atoms with Gasteiger partial charge in [-0.15, -0.1) is 0 Å². The van der Waals surface area contributed by atoms with E-state index in [4.69, 9.17) is 0 Å². The van der Waals surface area contributed by atoms with E-state index in [0.717, 1.165) is 31.3 Å². The molecule has 1 N–H and O–H groups in total. The van der Waals surface area contributed by atoms with Crippen molar-refractivity contribution in [3.63, 3.8) is 0 Å². The van der Waals surface area contributed by atoms with Gasteiger partial charge in [-0.05, 0) is 12.8 Å². The number of nitrogens with one attached hydrogen (secondary N) is 1. The van der Waals surface area contributed by atoms with Crippen LogP contribution in [-0.2, 0) is 4.79 Å². The Morgan fingerprint density at radius 3 is 2.73 bits per heavy atom. The zero-order valence-corrected chi connectivity index (χ0v) is 13.2. The number of alkyl halides is 1. The minimum absolute atomic E-state index is 0.106. The molecule has 0 amide bonds. The van der Waals surface area contributed by atoms with Gasteiger partial charge in [0.25, 0.3) is 0 Å². The number of nitrogens with zero attached hydrogens (tertiary/aromatic N) is 2. The fourth-order valence-electron chi connectivity index (χ4n) is 4.70. The largest absolute Gasteiger partial charge is 0.359 e. The molecule has 0 aromatic rings. The maximum Gasteiger partial charge on any atom is 0.164 e. The van der Waals surface area contributed by atoms with Gasteiger partial charge in [-0.2, -0.15) is 10.2 Å². The fraction of sp³-hybridized carbons (Fsp3) is 0.706. The van der Waals surface area contributed by atoms with E-state index in [1.807, 2.05) is 13.8 Å². The second-order valence-corrected chi connectivity index (χ2v) is 7.74. The first-order chi connectivity index (χ1) is 10.5. The summed E-state index contributed by atoms with van der Waals surface area (Å²) in [5.74, 6) is 0.106. The number of Topliss-reactive ketones (excluding diaryl/α,β-unsaturated/α-hetero) is 1. The molecule has 0 aromatic heterocycles. The minimum atomic E-state index is -1.14. The standard InChI is InChI=1S/C17H22FN3O/c1-16(2)8-11(22)12-13(14(16)18)20-15-10(9-19-21-15)17(12)6-4-3-5-7-17/h9,14-15,20H,3-8H2,1-2H3/t14-,15?/m1/s1. The van der Waals surface area contributed by atoms with Crippen molar-refractivity contribution in [3.8, 4) is 0 Å². The Morgan fingerprint density at radius 1 is 1.27 bits per heavy atom. The molecule has 22 heavy (non-hydrogen) atoms. The molecule has 0 bridgehead atoms. The van der Waals surface area contributed by atoms with E-state index >= 15 is 4.39 Å². The van der Waals surface area contributed by atoms with Gasteiger partial charge in [0.15, 0.2) is 11.9 Å². The summed E-state index contributed by atoms with van der Waals surface area (Å²) < 4.78 is 15.1. The number of azo groups is 1. The molecule has 4 rings (SSSR count). The first-order valence-corrected chi connectivity index (χ1v) is 8.25. The van der Waals surface area contributed by atoms with Crippen LogP contribution in [0.1, 0.15) is 52.4 Å². The number of allylic oxidation sites excluding steroid dienone is 2. The van der Waals surface area contributed by atoms with Gasteiger partial charge in [0.1, 0.15) is 6.17 Å². The van der Waals surface area contributed by atoms with Crippen molar-refractivity contribution in [1.29, 1.82) is 0 Å². The summed E-state index contributed by atoms with van der Waals surface area (Å²) in [4.78, 5) is 12.9. The molecule has 1 spiro atoms. The highest BCUT2D eigenvalue weighted by Gasteiger charge is 2.55. The van der Waals surface area contributed by atoms with Crippen LogP contribution in [0, 0.1) is 10.8 Å². The van der Waals surface area contributed by atoms with E-state index in [1.54, 1.807) is 6.20 Å². The second-order valence-electron chi connectivity index (χ2n) is 7.74. The predicted molar refractivity (Wildman–Crippen MR) is 80.7 cm³/mol. The quantitative estimate of drug-likeness (QED) is 0.740. The van der Waals surface area contributed by atoms with Crippen molar-refractivity contribution in [2.45, 2.75) is 64.7 Å². The monoisotopic (exact) mass is 303 g/mol. The lowest BCUT2D eigenvalue weighted by molar-refractivity contribution is -0.121. The maximum atomic E-state index is 15.1. The molecule has 4 aliphatic rings. The molecular formula is C17H22FN3O. The van der Waals surface area contributed by atoms with Gasteiger partial charge < -0.3 is 5.32 Å². The van der Waals surface area contributed by atoms with Crippen molar-refractivity contribution in [1.82, 2.24) is 5.32 Å². The summed E-state index contributed by atoms with van der Waals surface area (Å²) in [7, 11) is 0. The normalized spacial score (nSPS) is 35.0. The van der Waals surface area contributed by atoms with Crippen LogP contribution in [0.15, 0.2) is 33.3 Å². The summed E-state index contributed by atoms with van der Waals surface area (Å²) in [5, 5.41) is 11.5. The van der Waals surface area contributed by atoms with Crippen molar-refractivity contribution in [2.75, 3.05) is 0 Å². The van der Waals surface area contributed by atoms with Gasteiger partial charge in [-0.25, -0.2) is 4.39 Å². The first-order valence-electron chi connectivity index (χ1n) is 8.25. The lowest BCUT2D eigenvalue weighted by Gasteiger charge is -2.50. The van der Waals surface area contributed by atoms with Crippen LogP contribution in [0.2, 0.25) is 0 Å². The number of hydrogen-bond acceptors (Lipinski definition) is 4. The average molecular weight is 303 g/mol. The summed E-state index contributed by atoms with van der Waals surface area (Å²) in [6, 6.07) is 0. The summed E-state index contributed by atoms with van der Waals surface area (Å²) in [6.07, 6.45) is 5.83. The Balaban J connectivity index is 1.91. The van der Waals surface area contributed by atoms with Gasteiger partial charge in [-0.1, -0.05) is 33.1 Å². The van der Waals surface area contributed by atoms with E-state index in [-0.39, 0.29) is 23.8 Å². The number of hydrogen-bond donors (Lipinski definition) is 1. The highest BCUT2D eigenvalue weighted by Crippen LogP contribution is 2.57. The molecule has 0 radical (unpaired) electrons. The maximum absolute atomic E-state index is 15.1. The lowest BCUT2D eigenvalue weighted by atomic mass is 9.57. The number of rotatable bonds is 0. The van der Waals surface area contributed by atoms with Gasteiger partial charge in [0.05, 0.1) is 11.9 Å². The van der Waals surface area contributed by atoms with Gasteiger partial charge in [0.2, 0.25) is 0 Å². The Morgan fingerprint density at radius 2 is 2.00 bits per heavy atom. The van der Waals surface area contributed by atoms with Gasteiger partial charge >= 0.3 is 0 Å². The molecule has 2 aliphatic heterocycles. The summed E-state index contributed by atoms with van der Waals surface area (Å²) >= 11 is 0. The zero-order chi connectivity index (χ0) is 15.5. The molecule has 2 aliphatic carbocycles. The third-order valence-electron chi connectivity index (χ3n) is 5.81. The minimum Gasteiger partial charge on any atom is -0.359 e. The highest BCUT2D eigenvalue weighted by molar-refractivity contribution is 6.00. The Kier molecular flexibility index (Phi) is 2.88. The average Bonchev–Trinajstić information content (AvgIpc) is 2.94. The van der Waals surface area contributed by atoms with Crippen LogP contribution in [0.4, 0.5) is 4.39 Å². The fourth-order valence-corrected chi connectivity index (χ4v) is 4.70. The van der Waals surface area contributed by atoms with E-state index in [2.05, 4.69) is 15.5 Å². The third-order valence-corrected chi connectivity index (χ3v) is 5.81. The van der Waals surface area contributed by atoms with Crippen molar-refractivity contribution in [3.05, 3.63) is 23.0 Å². The predicted octanol–water partition coefficient (Wildman–Crippen LogP) is 3.81. The van der Waals surface area contributed by atoms with E-state index in [1.165, 1.54) is 6.42 Å². The molecule has 1 saturated carbocycles. The van der Waals surface area contributed by atoms with Gasteiger partial charge in [0, 0.05) is 28.4 Å². The topological polar surface area (TPSA) is 53.8 Å². The van der Waals surface area contributed by atoms with Crippen molar-refractivity contribution in [2.24, 2.45) is 21.1 Å². The molecular weight excluding hydrogens is 281 g/mol. The number of carbonyl (C=O) groups excluding carboxylic acids is 1. The van der Waals surface area contributed by atoms with Gasteiger partial charge in [-0.3, -0.25) is 4.79 Å². The number of carbonyl (C=O) groups is 1. The Hall–Kier alpha value is -1.52. The van der Waals surface area contributed by atoms with Crippen LogP contribution in [0.5, 0.6) is 0 Å². The zero-order valence-electron chi connectivity index (χ0n) is 13.2. The van der Waals surface area contributed by atoms with E-state index in [9.17, 15) is 4.79 Å². The second kappa shape index (κ2) is 4.49. The molecule has 2 atom stereocenters. The Bertz CT molecular complexity index is 626. The smallest absolute Gasteiger partial charge is 0.164 e. The third kappa shape index (κ3) is 1.71. The first kappa shape index (κ1) is 14.1. The van der Waals surface area contributed by atoms with Crippen molar-refractivity contribution >= 4 is 5.78 Å². The molecule has 2 heterocycles. The van der Waals surface area contributed by atoms with Crippen LogP contribution in [-0.4, -0.2) is 18.1 Å². The van der Waals surface area contributed by atoms with E-state index < -0.39 is 11.6 Å². The van der Waals surface area contributed by atoms with E-state index in [0.29, 0.717) is 11.3 Å². The van der Waals surface area contributed by atoms with Crippen LogP contribution in [0.25, 0.3) is 0 Å². The SMILES string of the molecule is CC1(C)CC(=O)C2=C(NC3N=NC=C3C23CCCCC3)[C@H]1F. The Labute approximate surface area is 129 Å². The molecule has 5 heteroatoms. The van der Waals surface area contributed by atoms with Crippen LogP contribution >= 0.6 is 0 Å². The molecule has 4 nitrogen and oxygen atoms in total. The highest BCUT2D eigenvalue weighted by atomic mass is 19.1. The van der Waals surface area contributed by atoms with Crippen molar-refractivity contribution < 1.29 is 9.18 Å². The van der Waals surface area contributed by atoms with Crippen LogP contribution < -0.4 is 5.32 Å². The number of ketones is 1. The number of fused-ring (bicyclic) bond motifs is 3. The number of halogens is 1. The molecule has 1 fully saturated rings. The molecule has 118 valence electrons. The lowest BCUT2D eigenvalue weighted by Crippen LogP contribution is -2.53. The molecule has 1 unspecified atom stereocenters. The molecule has 0 aromatic carbocycles.